The van der Waals surface area contributed by atoms with Crippen LogP contribution in [0.2, 0.25) is 0 Å². The largest absolute Gasteiger partial charge is 0.544 e. The number of likely N-dealkylation sites (N-methyl/N-ethyl adjacent to an activating group) is 1. The topological polar surface area (TPSA) is 102 Å². The molecule has 0 aromatic carbocycles. The highest BCUT2D eigenvalue weighted by Gasteiger charge is 2.25. The number of carboxylic acids is 1. The summed E-state index contributed by atoms with van der Waals surface area (Å²) in [5.41, 5.74) is 0. The van der Waals surface area contributed by atoms with Gasteiger partial charge in [-0.05, 0) is 70.6 Å². The van der Waals surface area contributed by atoms with Gasteiger partial charge in [-0.15, -0.1) is 0 Å². The Labute approximate surface area is 373 Å². The van der Waals surface area contributed by atoms with Crippen LogP contribution >= 0.6 is 0 Å². The Morgan fingerprint density at radius 3 is 1.52 bits per heavy atom. The summed E-state index contributed by atoms with van der Waals surface area (Å²) in [6.45, 7) is 4.42. The van der Waals surface area contributed by atoms with Crippen molar-refractivity contribution in [3.8, 4) is 0 Å². The minimum atomic E-state index is -1.14. The Morgan fingerprint density at radius 1 is 0.525 bits per heavy atom. The van der Waals surface area contributed by atoms with Crippen LogP contribution in [0.15, 0.2) is 97.2 Å². The molecule has 0 saturated heterocycles. The van der Waals surface area contributed by atoms with Crippen LogP contribution in [0.5, 0.6) is 0 Å². The Kier molecular flexibility index (Phi) is 40.3. The molecule has 0 bridgehead atoms. The maximum atomic E-state index is 12.7. The molecular formula is C53H87NO7. The summed E-state index contributed by atoms with van der Waals surface area (Å²) in [5, 5.41) is 11.6. The second-order valence-corrected chi connectivity index (χ2v) is 16.7. The predicted octanol–water partition coefficient (Wildman–Crippen LogP) is 12.1. The first kappa shape index (κ1) is 57.2. The lowest BCUT2D eigenvalue weighted by atomic mass is 10.1. The standard InChI is InChI=1S/C53H87NO7/c1-6-8-10-12-14-16-18-20-22-23-24-25-26-27-28-30-31-33-35-37-39-41-43-51(55)60-48-49(47-59-46-45-50(53(57)58)54(3,4)5)61-52(56)44-42-40-38-36-34-32-29-21-19-17-15-13-11-9-7-2/h9,11,13-17,19-22,24-25,29,32,34,49-50H,6-8,10,12,18,23,26-28,30-31,33,35-48H2,1-5H3/b11-9+,15-13+,16-14+,19-17+,22-20+,25-24+,29-21+,34-32+. The summed E-state index contributed by atoms with van der Waals surface area (Å²) in [4.78, 5) is 36.9. The molecule has 0 radical (unpaired) electrons. The van der Waals surface area contributed by atoms with E-state index >= 15 is 0 Å². The van der Waals surface area contributed by atoms with Crippen molar-refractivity contribution in [2.45, 2.75) is 180 Å². The van der Waals surface area contributed by atoms with Gasteiger partial charge in [0, 0.05) is 19.3 Å². The van der Waals surface area contributed by atoms with E-state index in [1.807, 2.05) is 48.6 Å². The number of carboxylic acid groups (broad SMARTS) is 1. The molecule has 0 aliphatic carbocycles. The molecule has 2 unspecified atom stereocenters. The van der Waals surface area contributed by atoms with E-state index in [-0.39, 0.29) is 49.1 Å². The third-order valence-electron chi connectivity index (χ3n) is 10.1. The fourth-order valence-electron chi connectivity index (χ4n) is 6.39. The number of allylic oxidation sites excluding steroid dienone is 16. The number of carbonyl (C=O) groups is 3. The molecule has 0 aromatic heterocycles. The Bertz CT molecular complexity index is 1310. The average molecular weight is 850 g/mol. The molecule has 0 rings (SSSR count). The van der Waals surface area contributed by atoms with Crippen LogP contribution in [0, 0.1) is 0 Å². The van der Waals surface area contributed by atoms with Gasteiger partial charge in [0.05, 0.1) is 40.3 Å². The molecule has 0 aliphatic heterocycles. The number of rotatable bonds is 41. The van der Waals surface area contributed by atoms with Crippen molar-refractivity contribution < 1.29 is 38.2 Å². The third kappa shape index (κ3) is 41.4. The lowest BCUT2D eigenvalue weighted by Gasteiger charge is -2.34. The van der Waals surface area contributed by atoms with E-state index in [4.69, 9.17) is 14.2 Å². The first-order valence-corrected chi connectivity index (χ1v) is 23.8. The Morgan fingerprint density at radius 2 is 0.984 bits per heavy atom. The average Bonchev–Trinajstić information content (AvgIpc) is 3.22. The minimum Gasteiger partial charge on any atom is -0.544 e. The molecule has 346 valence electrons. The maximum absolute atomic E-state index is 12.7. The van der Waals surface area contributed by atoms with Gasteiger partial charge in [0.15, 0.2) is 6.10 Å². The van der Waals surface area contributed by atoms with Crippen LogP contribution in [0.3, 0.4) is 0 Å². The van der Waals surface area contributed by atoms with Crippen LogP contribution in [0.1, 0.15) is 168 Å². The zero-order valence-corrected chi connectivity index (χ0v) is 39.3. The number of esters is 2. The number of ether oxygens (including phenoxy) is 3. The van der Waals surface area contributed by atoms with E-state index in [1.165, 1.54) is 64.2 Å². The van der Waals surface area contributed by atoms with Crippen LogP contribution in [-0.4, -0.2) is 75.5 Å². The van der Waals surface area contributed by atoms with Crippen molar-refractivity contribution in [2.75, 3.05) is 41.0 Å². The second-order valence-electron chi connectivity index (χ2n) is 16.7. The monoisotopic (exact) mass is 850 g/mol. The smallest absolute Gasteiger partial charge is 0.306 e. The summed E-state index contributed by atoms with van der Waals surface area (Å²) in [6.07, 6.45) is 57.2. The van der Waals surface area contributed by atoms with Crippen molar-refractivity contribution in [3.05, 3.63) is 97.2 Å². The van der Waals surface area contributed by atoms with Gasteiger partial charge in [0.2, 0.25) is 0 Å². The van der Waals surface area contributed by atoms with Gasteiger partial charge in [-0.1, -0.05) is 175 Å². The predicted molar refractivity (Wildman–Crippen MR) is 254 cm³/mol. The number of quaternary nitrogens is 1. The molecule has 0 aliphatic rings. The molecule has 0 aromatic rings. The molecular weight excluding hydrogens is 763 g/mol. The van der Waals surface area contributed by atoms with Crippen LogP contribution in [0.25, 0.3) is 0 Å². The lowest BCUT2D eigenvalue weighted by Crippen LogP contribution is -2.55. The summed E-state index contributed by atoms with van der Waals surface area (Å²) >= 11 is 0. The van der Waals surface area contributed by atoms with Gasteiger partial charge in [-0.2, -0.15) is 0 Å². The normalized spacial score (nSPS) is 13.8. The van der Waals surface area contributed by atoms with Gasteiger partial charge >= 0.3 is 11.9 Å². The Balaban J connectivity index is 4.35. The highest BCUT2D eigenvalue weighted by atomic mass is 16.6. The SMILES string of the molecule is CC/C=C/C=C/C=C/C=C/C=C/CCCCCC(=O)OC(COCCC(C(=O)[O-])[N+](C)(C)C)COC(=O)CCCCCCCCCCC/C=C/C/C=C/C/C=C/CCCCC. The number of aliphatic carboxylic acids is 1. The van der Waals surface area contributed by atoms with Crippen LogP contribution < -0.4 is 5.11 Å². The highest BCUT2D eigenvalue weighted by molar-refractivity contribution is 5.70. The lowest BCUT2D eigenvalue weighted by molar-refractivity contribution is -0.889. The Hall–Kier alpha value is -3.75. The van der Waals surface area contributed by atoms with E-state index in [1.54, 1.807) is 21.1 Å². The molecule has 0 saturated carbocycles. The molecule has 8 nitrogen and oxygen atoms in total. The number of carbonyl (C=O) groups excluding carboxylic acids is 3. The summed E-state index contributed by atoms with van der Waals surface area (Å²) in [5.74, 6) is -1.81. The van der Waals surface area contributed by atoms with Crippen molar-refractivity contribution in [1.82, 2.24) is 0 Å². The number of nitrogens with zero attached hydrogens (tertiary/aromatic N) is 1. The van der Waals surface area contributed by atoms with E-state index in [0.717, 1.165) is 64.2 Å². The molecule has 8 heteroatoms. The van der Waals surface area contributed by atoms with Gasteiger partial charge < -0.3 is 28.6 Å². The number of unbranched alkanes of at least 4 members (excludes halogenated alkanes) is 15. The number of hydrogen-bond donors (Lipinski definition) is 0. The molecule has 0 spiro atoms. The quantitative estimate of drug-likeness (QED) is 0.0198. The van der Waals surface area contributed by atoms with E-state index in [0.29, 0.717) is 12.8 Å². The van der Waals surface area contributed by atoms with Gasteiger partial charge in [-0.25, -0.2) is 0 Å². The first-order valence-electron chi connectivity index (χ1n) is 23.8. The highest BCUT2D eigenvalue weighted by Crippen LogP contribution is 2.13. The van der Waals surface area contributed by atoms with Crippen molar-refractivity contribution >= 4 is 17.9 Å². The van der Waals surface area contributed by atoms with E-state index in [9.17, 15) is 19.5 Å². The van der Waals surface area contributed by atoms with Crippen molar-refractivity contribution in [1.29, 1.82) is 0 Å². The van der Waals surface area contributed by atoms with Crippen LogP contribution in [-0.2, 0) is 28.6 Å². The first-order chi connectivity index (χ1) is 29.6. The summed E-state index contributed by atoms with van der Waals surface area (Å²) in [7, 11) is 5.38. The van der Waals surface area contributed by atoms with Gasteiger partial charge in [0.25, 0.3) is 0 Å². The van der Waals surface area contributed by atoms with Crippen molar-refractivity contribution in [3.63, 3.8) is 0 Å². The van der Waals surface area contributed by atoms with E-state index < -0.39 is 18.1 Å². The van der Waals surface area contributed by atoms with Crippen LogP contribution in [0.4, 0.5) is 0 Å². The maximum Gasteiger partial charge on any atom is 0.306 e. The van der Waals surface area contributed by atoms with Gasteiger partial charge in [-0.3, -0.25) is 9.59 Å². The molecule has 0 fully saturated rings. The minimum absolute atomic E-state index is 0.0154. The summed E-state index contributed by atoms with van der Waals surface area (Å²) < 4.78 is 17.1. The van der Waals surface area contributed by atoms with E-state index in [2.05, 4.69) is 62.5 Å². The molecule has 61 heavy (non-hydrogen) atoms. The fraction of sp³-hybridized carbons (Fsp3) is 0.642. The van der Waals surface area contributed by atoms with Crippen molar-refractivity contribution in [2.24, 2.45) is 0 Å². The zero-order valence-electron chi connectivity index (χ0n) is 39.3. The second kappa shape index (κ2) is 42.9. The molecule has 2 atom stereocenters. The zero-order chi connectivity index (χ0) is 44.9. The summed E-state index contributed by atoms with van der Waals surface area (Å²) in [6, 6.07) is -0.741. The fourth-order valence-corrected chi connectivity index (χ4v) is 6.39. The molecule has 0 amide bonds. The third-order valence-corrected chi connectivity index (χ3v) is 10.1. The molecule has 0 heterocycles. The van der Waals surface area contributed by atoms with Gasteiger partial charge in [0.1, 0.15) is 12.6 Å². The molecule has 0 N–H and O–H groups in total. The number of hydrogen-bond acceptors (Lipinski definition) is 7.